The highest BCUT2D eigenvalue weighted by molar-refractivity contribution is 7.99. The van der Waals surface area contributed by atoms with Crippen LogP contribution in [0.15, 0.2) is 22.7 Å². The van der Waals surface area contributed by atoms with Gasteiger partial charge in [0.05, 0.1) is 6.61 Å². The maximum absolute atomic E-state index is 5.34. The zero-order valence-corrected chi connectivity index (χ0v) is 11.7. The molecule has 2 rings (SSSR count). The zero-order valence-electron chi connectivity index (χ0n) is 10.9. The first-order chi connectivity index (χ1) is 9.31. The van der Waals surface area contributed by atoms with E-state index in [0.717, 1.165) is 18.1 Å². The molecule has 0 saturated carbocycles. The van der Waals surface area contributed by atoms with E-state index in [-0.39, 0.29) is 0 Å². The number of aromatic nitrogens is 5. The van der Waals surface area contributed by atoms with Crippen molar-refractivity contribution in [1.29, 1.82) is 0 Å². The minimum atomic E-state index is 0.324. The fraction of sp³-hybridized carbons (Fsp3) is 0.455. The van der Waals surface area contributed by atoms with Gasteiger partial charge in [0.15, 0.2) is 5.16 Å². The smallest absolute Gasteiger partial charge is 0.322 e. The summed E-state index contributed by atoms with van der Waals surface area (Å²) in [5.74, 6) is 0.523. The van der Waals surface area contributed by atoms with Crippen molar-refractivity contribution < 1.29 is 4.74 Å². The minimum absolute atomic E-state index is 0.324. The van der Waals surface area contributed by atoms with Crippen LogP contribution < -0.4 is 10.1 Å². The molecule has 0 aliphatic rings. The number of anilines is 1. The molecule has 0 saturated heterocycles. The first-order valence-corrected chi connectivity index (χ1v) is 6.93. The van der Waals surface area contributed by atoms with Crippen molar-refractivity contribution in [3.63, 3.8) is 0 Å². The van der Waals surface area contributed by atoms with E-state index in [1.54, 1.807) is 12.4 Å². The Bertz CT molecular complexity index is 504. The third kappa shape index (κ3) is 4.09. The molecule has 0 aromatic carbocycles. The Kier molecular flexibility index (Phi) is 4.96. The van der Waals surface area contributed by atoms with Gasteiger partial charge in [-0.1, -0.05) is 6.92 Å². The summed E-state index contributed by atoms with van der Waals surface area (Å²) in [7, 11) is 0. The Morgan fingerprint density at radius 2 is 2.21 bits per heavy atom. The first-order valence-electron chi connectivity index (χ1n) is 6.11. The average molecular weight is 280 g/mol. The molecule has 0 aliphatic heterocycles. The number of ether oxygens (including phenoxy) is 1. The summed E-state index contributed by atoms with van der Waals surface area (Å²) in [4.78, 5) is 19.8. The molecular formula is C11H16N6OS. The maximum Gasteiger partial charge on any atom is 0.322 e. The molecule has 0 aliphatic carbocycles. The predicted octanol–water partition coefficient (Wildman–Crippen LogP) is 1.97. The molecule has 0 atom stereocenters. The number of aromatic amines is 1. The molecule has 2 N–H and O–H groups in total. The summed E-state index contributed by atoms with van der Waals surface area (Å²) >= 11 is 1.33. The molecule has 19 heavy (non-hydrogen) atoms. The lowest BCUT2D eigenvalue weighted by atomic mass is 10.5. The summed E-state index contributed by atoms with van der Waals surface area (Å²) in [5.41, 5.74) is 0. The van der Waals surface area contributed by atoms with E-state index in [1.807, 2.05) is 6.92 Å². The Hall–Kier alpha value is -1.83. The topological polar surface area (TPSA) is 88.6 Å². The van der Waals surface area contributed by atoms with Gasteiger partial charge in [-0.25, -0.2) is 4.98 Å². The largest absolute Gasteiger partial charge is 0.464 e. The highest BCUT2D eigenvalue weighted by Crippen LogP contribution is 2.22. The van der Waals surface area contributed by atoms with Crippen molar-refractivity contribution in [1.82, 2.24) is 24.9 Å². The number of hydrogen-bond acceptors (Lipinski definition) is 7. The van der Waals surface area contributed by atoms with E-state index < -0.39 is 0 Å². The number of nitrogens with one attached hydrogen (secondary N) is 2. The lowest BCUT2D eigenvalue weighted by Crippen LogP contribution is -2.08. The Labute approximate surface area is 115 Å². The van der Waals surface area contributed by atoms with E-state index in [4.69, 9.17) is 4.74 Å². The molecule has 0 radical (unpaired) electrons. The van der Waals surface area contributed by atoms with Gasteiger partial charge in [-0.3, -0.25) is 0 Å². The highest BCUT2D eigenvalue weighted by atomic mass is 32.2. The van der Waals surface area contributed by atoms with Crippen molar-refractivity contribution in [2.45, 2.75) is 30.6 Å². The van der Waals surface area contributed by atoms with E-state index in [1.165, 1.54) is 11.8 Å². The lowest BCUT2D eigenvalue weighted by Gasteiger charge is -2.07. The van der Waals surface area contributed by atoms with Crippen molar-refractivity contribution in [3.8, 4) is 6.01 Å². The van der Waals surface area contributed by atoms with Crippen molar-refractivity contribution in [2.24, 2.45) is 0 Å². The second kappa shape index (κ2) is 6.93. The van der Waals surface area contributed by atoms with Gasteiger partial charge in [0, 0.05) is 18.9 Å². The first kappa shape index (κ1) is 13.6. The number of H-pyrrole nitrogens is 1. The number of nitrogens with zero attached hydrogens (tertiary/aromatic N) is 4. The lowest BCUT2D eigenvalue weighted by molar-refractivity contribution is 0.308. The van der Waals surface area contributed by atoms with Crippen LogP contribution in [0.25, 0.3) is 0 Å². The second-order valence-corrected chi connectivity index (χ2v) is 4.54. The molecule has 0 fully saturated rings. The highest BCUT2D eigenvalue weighted by Gasteiger charge is 2.09. The molecule has 102 valence electrons. The van der Waals surface area contributed by atoms with Crippen LogP contribution in [0.5, 0.6) is 6.01 Å². The predicted molar refractivity (Wildman–Crippen MR) is 72.5 cm³/mol. The van der Waals surface area contributed by atoms with Crippen LogP contribution in [0.3, 0.4) is 0 Å². The fourth-order valence-corrected chi connectivity index (χ4v) is 1.96. The van der Waals surface area contributed by atoms with Crippen LogP contribution in [0.1, 0.15) is 20.3 Å². The van der Waals surface area contributed by atoms with Crippen LogP contribution in [0, 0.1) is 0 Å². The standard InChI is InChI=1S/C11H16N6OS/c1-3-5-12-8-15-9(18-4-2)17-11(16-8)19-10-13-6-7-14-10/h6-7H,3-5H2,1-2H3,(H,13,14)(H,12,15,16,17). The monoisotopic (exact) mass is 280 g/mol. The molecule has 2 aromatic rings. The summed E-state index contributed by atoms with van der Waals surface area (Å²) in [6.07, 6.45) is 4.43. The molecule has 8 heteroatoms. The normalized spacial score (nSPS) is 10.4. The summed E-state index contributed by atoms with van der Waals surface area (Å²) in [6, 6.07) is 0.324. The van der Waals surface area contributed by atoms with E-state index >= 15 is 0 Å². The van der Waals surface area contributed by atoms with E-state index in [2.05, 4.69) is 37.2 Å². The number of imidazole rings is 1. The van der Waals surface area contributed by atoms with Gasteiger partial charge in [0.2, 0.25) is 11.1 Å². The second-order valence-electron chi connectivity index (χ2n) is 3.58. The van der Waals surface area contributed by atoms with Crippen LogP contribution in [-0.4, -0.2) is 38.1 Å². The average Bonchev–Trinajstić information content (AvgIpc) is 2.89. The third-order valence-corrected chi connectivity index (χ3v) is 2.84. The van der Waals surface area contributed by atoms with Gasteiger partial charge in [0.25, 0.3) is 0 Å². The number of rotatable bonds is 7. The van der Waals surface area contributed by atoms with Gasteiger partial charge in [-0.05, 0) is 25.1 Å². The minimum Gasteiger partial charge on any atom is -0.464 e. The quantitative estimate of drug-likeness (QED) is 0.801. The van der Waals surface area contributed by atoms with E-state index in [0.29, 0.717) is 23.7 Å². The van der Waals surface area contributed by atoms with E-state index in [9.17, 15) is 0 Å². The fourth-order valence-electron chi connectivity index (χ4n) is 1.29. The van der Waals surface area contributed by atoms with Crippen molar-refractivity contribution in [3.05, 3.63) is 12.4 Å². The molecule has 0 spiro atoms. The Morgan fingerprint density at radius 1 is 1.32 bits per heavy atom. The Morgan fingerprint density at radius 3 is 2.89 bits per heavy atom. The summed E-state index contributed by atoms with van der Waals surface area (Å²) < 4.78 is 5.34. The van der Waals surface area contributed by atoms with Crippen LogP contribution >= 0.6 is 11.8 Å². The van der Waals surface area contributed by atoms with Crippen LogP contribution in [0.2, 0.25) is 0 Å². The number of hydrogen-bond donors (Lipinski definition) is 2. The Balaban J connectivity index is 2.17. The molecule has 0 amide bonds. The van der Waals surface area contributed by atoms with Gasteiger partial charge in [-0.15, -0.1) is 0 Å². The van der Waals surface area contributed by atoms with Gasteiger partial charge in [0.1, 0.15) is 0 Å². The molecule has 0 unspecified atom stereocenters. The SMILES string of the molecule is CCCNc1nc(OCC)nc(Sc2ncc[nH]2)n1. The molecule has 2 aromatic heterocycles. The van der Waals surface area contributed by atoms with Crippen molar-refractivity contribution >= 4 is 17.7 Å². The maximum atomic E-state index is 5.34. The summed E-state index contributed by atoms with van der Waals surface area (Å²) in [6.45, 7) is 5.29. The molecule has 2 heterocycles. The summed E-state index contributed by atoms with van der Waals surface area (Å²) in [5, 5.41) is 4.41. The van der Waals surface area contributed by atoms with Crippen molar-refractivity contribution in [2.75, 3.05) is 18.5 Å². The third-order valence-electron chi connectivity index (χ3n) is 2.06. The molecule has 0 bridgehead atoms. The van der Waals surface area contributed by atoms with Gasteiger partial charge >= 0.3 is 6.01 Å². The van der Waals surface area contributed by atoms with Gasteiger partial charge < -0.3 is 15.0 Å². The van der Waals surface area contributed by atoms with Gasteiger partial charge in [-0.2, -0.15) is 15.0 Å². The molecule has 7 nitrogen and oxygen atoms in total. The van der Waals surface area contributed by atoms with Crippen LogP contribution in [0.4, 0.5) is 5.95 Å². The molecular weight excluding hydrogens is 264 g/mol. The van der Waals surface area contributed by atoms with Crippen LogP contribution in [-0.2, 0) is 0 Å². The zero-order chi connectivity index (χ0) is 13.5.